The molecule has 1 heterocycles. The van der Waals surface area contributed by atoms with E-state index in [1.54, 1.807) is 7.05 Å². The van der Waals surface area contributed by atoms with Gasteiger partial charge in [-0.3, -0.25) is 4.99 Å². The van der Waals surface area contributed by atoms with E-state index in [9.17, 15) is 8.42 Å². The van der Waals surface area contributed by atoms with Crippen molar-refractivity contribution >= 4 is 15.8 Å². The van der Waals surface area contributed by atoms with E-state index in [0.29, 0.717) is 24.1 Å². The van der Waals surface area contributed by atoms with Gasteiger partial charge in [0.2, 0.25) is 0 Å². The van der Waals surface area contributed by atoms with Crippen LogP contribution in [0.15, 0.2) is 35.3 Å². The molecule has 1 aromatic carbocycles. The number of aliphatic imine (C=N–C) groups is 1. The molecule has 0 aromatic heterocycles. The minimum Gasteiger partial charge on any atom is -0.356 e. The summed E-state index contributed by atoms with van der Waals surface area (Å²) in [6, 6.07) is 10.7. The molecule has 5 nitrogen and oxygen atoms in total. The van der Waals surface area contributed by atoms with Crippen LogP contribution in [0.5, 0.6) is 0 Å². The van der Waals surface area contributed by atoms with Gasteiger partial charge in [0.15, 0.2) is 15.8 Å². The molecule has 1 fully saturated rings. The van der Waals surface area contributed by atoms with E-state index in [-0.39, 0.29) is 5.92 Å². The molecule has 2 N–H and O–H groups in total. The zero-order valence-electron chi connectivity index (χ0n) is 14.0. The molecule has 23 heavy (non-hydrogen) atoms. The molecule has 0 bridgehead atoms. The Labute approximate surface area is 139 Å². The van der Waals surface area contributed by atoms with Crippen LogP contribution in [0.2, 0.25) is 0 Å². The van der Waals surface area contributed by atoms with E-state index < -0.39 is 9.84 Å². The maximum atomic E-state index is 11.5. The van der Waals surface area contributed by atoms with Gasteiger partial charge in [-0.2, -0.15) is 0 Å². The average Bonchev–Trinajstić information content (AvgIpc) is 2.89. The average molecular weight is 337 g/mol. The van der Waals surface area contributed by atoms with Crippen molar-refractivity contribution in [2.45, 2.75) is 32.2 Å². The number of benzene rings is 1. The molecule has 0 amide bonds. The Morgan fingerprint density at radius 1 is 1.35 bits per heavy atom. The van der Waals surface area contributed by atoms with Crippen molar-refractivity contribution in [3.8, 4) is 0 Å². The highest BCUT2D eigenvalue weighted by Crippen LogP contribution is 2.17. The van der Waals surface area contributed by atoms with E-state index in [1.807, 2.05) is 6.07 Å². The second-order valence-electron chi connectivity index (χ2n) is 6.29. The Bertz CT molecular complexity index is 614. The molecule has 2 unspecified atom stereocenters. The number of rotatable bonds is 6. The van der Waals surface area contributed by atoms with Gasteiger partial charge in [-0.15, -0.1) is 0 Å². The number of aryl methyl sites for hydroxylation is 1. The number of hydrogen-bond donors (Lipinski definition) is 2. The molecule has 2 atom stereocenters. The molecule has 1 aliphatic heterocycles. The first-order valence-electron chi connectivity index (χ1n) is 8.20. The van der Waals surface area contributed by atoms with Gasteiger partial charge in [0.05, 0.1) is 11.5 Å². The molecule has 0 aliphatic carbocycles. The van der Waals surface area contributed by atoms with E-state index in [2.05, 4.69) is 46.8 Å². The quantitative estimate of drug-likeness (QED) is 0.611. The molecular formula is C17H27N3O2S. The number of sulfone groups is 1. The van der Waals surface area contributed by atoms with E-state index >= 15 is 0 Å². The summed E-state index contributed by atoms with van der Waals surface area (Å²) in [4.78, 5) is 4.23. The fourth-order valence-electron chi connectivity index (χ4n) is 2.80. The summed E-state index contributed by atoms with van der Waals surface area (Å²) < 4.78 is 23.0. The highest BCUT2D eigenvalue weighted by molar-refractivity contribution is 7.91. The largest absolute Gasteiger partial charge is 0.356 e. The smallest absolute Gasteiger partial charge is 0.191 e. The van der Waals surface area contributed by atoms with Crippen LogP contribution in [0.3, 0.4) is 0 Å². The monoisotopic (exact) mass is 337 g/mol. The minimum absolute atomic E-state index is 0.193. The van der Waals surface area contributed by atoms with Crippen LogP contribution in [0.25, 0.3) is 0 Å². The Balaban J connectivity index is 1.71. The van der Waals surface area contributed by atoms with Crippen molar-refractivity contribution in [2.75, 3.05) is 25.1 Å². The lowest BCUT2D eigenvalue weighted by molar-refractivity contribution is 0.551. The van der Waals surface area contributed by atoms with Gasteiger partial charge in [-0.25, -0.2) is 8.42 Å². The lowest BCUT2D eigenvalue weighted by Crippen LogP contribution is -2.44. The van der Waals surface area contributed by atoms with Crippen molar-refractivity contribution < 1.29 is 8.42 Å². The van der Waals surface area contributed by atoms with Crippen LogP contribution in [0.4, 0.5) is 0 Å². The topological polar surface area (TPSA) is 70.6 Å². The first kappa shape index (κ1) is 17.8. The van der Waals surface area contributed by atoms with Gasteiger partial charge >= 0.3 is 0 Å². The van der Waals surface area contributed by atoms with Gasteiger partial charge in [0.25, 0.3) is 0 Å². The maximum absolute atomic E-state index is 11.5. The molecule has 1 aromatic rings. The standard InChI is InChI=1S/C17H27N3O2S/c1-14(8-9-15-6-4-3-5-7-15)20-17(18-2)19-12-16-10-11-23(21,22)13-16/h3-7,14,16H,8-13H2,1-2H3,(H2,18,19,20). The SMILES string of the molecule is CN=C(NCC1CCS(=O)(=O)C1)NC(C)CCc1ccccc1. The first-order chi connectivity index (χ1) is 11.0. The zero-order valence-corrected chi connectivity index (χ0v) is 14.8. The summed E-state index contributed by atoms with van der Waals surface area (Å²) in [5.41, 5.74) is 1.33. The van der Waals surface area contributed by atoms with E-state index in [0.717, 1.165) is 25.2 Å². The van der Waals surface area contributed by atoms with Gasteiger partial charge in [0, 0.05) is 19.6 Å². The summed E-state index contributed by atoms with van der Waals surface area (Å²) in [5, 5.41) is 6.62. The van der Waals surface area contributed by atoms with Gasteiger partial charge in [0.1, 0.15) is 0 Å². The summed E-state index contributed by atoms with van der Waals surface area (Å²) >= 11 is 0. The number of guanidine groups is 1. The molecule has 128 valence electrons. The Kier molecular flexibility index (Phi) is 6.45. The number of hydrogen-bond acceptors (Lipinski definition) is 3. The Hall–Kier alpha value is -1.56. The van der Waals surface area contributed by atoms with Crippen LogP contribution in [0, 0.1) is 5.92 Å². The summed E-state index contributed by atoms with van der Waals surface area (Å²) in [6.45, 7) is 2.79. The van der Waals surface area contributed by atoms with Crippen molar-refractivity contribution in [3.63, 3.8) is 0 Å². The molecule has 1 aliphatic rings. The first-order valence-corrected chi connectivity index (χ1v) is 10.0. The lowest BCUT2D eigenvalue weighted by atomic mass is 10.1. The highest BCUT2D eigenvalue weighted by Gasteiger charge is 2.27. The third-order valence-electron chi connectivity index (χ3n) is 4.20. The molecule has 6 heteroatoms. The van der Waals surface area contributed by atoms with Crippen LogP contribution in [0.1, 0.15) is 25.3 Å². The third-order valence-corrected chi connectivity index (χ3v) is 6.04. The molecular weight excluding hydrogens is 310 g/mol. The second-order valence-corrected chi connectivity index (χ2v) is 8.52. The Morgan fingerprint density at radius 3 is 2.70 bits per heavy atom. The van der Waals surface area contributed by atoms with Crippen molar-refractivity contribution in [3.05, 3.63) is 35.9 Å². The second kappa shape index (κ2) is 8.34. The number of nitrogens with zero attached hydrogens (tertiary/aromatic N) is 1. The molecule has 1 saturated heterocycles. The molecule has 2 rings (SSSR count). The van der Waals surface area contributed by atoms with Gasteiger partial charge < -0.3 is 10.6 Å². The number of nitrogens with one attached hydrogen (secondary N) is 2. The van der Waals surface area contributed by atoms with Gasteiger partial charge in [-0.1, -0.05) is 30.3 Å². The molecule has 0 saturated carbocycles. The van der Waals surface area contributed by atoms with E-state index in [1.165, 1.54) is 5.56 Å². The van der Waals surface area contributed by atoms with Crippen LogP contribution in [-0.4, -0.2) is 45.5 Å². The summed E-state index contributed by atoms with van der Waals surface area (Å²) in [7, 11) is -1.07. The van der Waals surface area contributed by atoms with Crippen molar-refractivity contribution in [1.82, 2.24) is 10.6 Å². The fraction of sp³-hybridized carbons (Fsp3) is 0.588. The lowest BCUT2D eigenvalue weighted by Gasteiger charge is -2.19. The summed E-state index contributed by atoms with van der Waals surface area (Å²) in [6.07, 6.45) is 2.78. The highest BCUT2D eigenvalue weighted by atomic mass is 32.2. The van der Waals surface area contributed by atoms with E-state index in [4.69, 9.17) is 0 Å². The predicted octanol–water partition coefficient (Wildman–Crippen LogP) is 1.61. The zero-order chi connectivity index (χ0) is 16.7. The van der Waals surface area contributed by atoms with Crippen LogP contribution >= 0.6 is 0 Å². The van der Waals surface area contributed by atoms with Gasteiger partial charge in [-0.05, 0) is 37.7 Å². The van der Waals surface area contributed by atoms with Crippen LogP contribution in [-0.2, 0) is 16.3 Å². The van der Waals surface area contributed by atoms with Crippen molar-refractivity contribution in [2.24, 2.45) is 10.9 Å². The predicted molar refractivity (Wildman–Crippen MR) is 95.5 cm³/mol. The molecule has 0 spiro atoms. The minimum atomic E-state index is -2.81. The van der Waals surface area contributed by atoms with Crippen molar-refractivity contribution in [1.29, 1.82) is 0 Å². The third kappa shape index (κ3) is 6.22. The maximum Gasteiger partial charge on any atom is 0.191 e. The molecule has 0 radical (unpaired) electrons. The summed E-state index contributed by atoms with van der Waals surface area (Å²) in [5.74, 6) is 1.55. The fourth-order valence-corrected chi connectivity index (χ4v) is 4.66. The Morgan fingerprint density at radius 2 is 2.09 bits per heavy atom. The van der Waals surface area contributed by atoms with Crippen LogP contribution < -0.4 is 10.6 Å². The normalized spacial score (nSPS) is 21.8.